The van der Waals surface area contributed by atoms with Gasteiger partial charge in [0, 0.05) is 38.8 Å². The molecule has 27 heavy (non-hydrogen) atoms. The number of benzene rings is 1. The summed E-state index contributed by atoms with van der Waals surface area (Å²) in [5.41, 5.74) is 2.34. The van der Waals surface area contributed by atoms with Crippen molar-refractivity contribution >= 4 is 5.91 Å². The number of ether oxygens (including phenoxy) is 1. The fourth-order valence-corrected chi connectivity index (χ4v) is 2.99. The van der Waals surface area contributed by atoms with E-state index in [0.29, 0.717) is 13.1 Å². The first-order valence-electron chi connectivity index (χ1n) is 9.40. The number of hydrogen-bond acceptors (Lipinski definition) is 5. The minimum absolute atomic E-state index is 0.191. The van der Waals surface area contributed by atoms with Gasteiger partial charge in [0.05, 0.1) is 13.2 Å². The van der Waals surface area contributed by atoms with Gasteiger partial charge >= 0.3 is 0 Å². The highest BCUT2D eigenvalue weighted by Gasteiger charge is 2.11. The molecule has 1 N–H and O–H groups in total. The number of amides is 1. The molecule has 7 heteroatoms. The average molecular weight is 370 g/mol. The standard InChI is InChI=1S/C20H26N4O3/c1-2-9-24-19(25)8-7-18(22-24)20(26)21-14-16-3-5-17(6-4-16)15-23-10-12-27-13-11-23/h3-8H,2,9-15H2,1H3,(H,21,26). The monoisotopic (exact) mass is 370 g/mol. The summed E-state index contributed by atoms with van der Waals surface area (Å²) in [5, 5.41) is 6.99. The quantitative estimate of drug-likeness (QED) is 0.798. The summed E-state index contributed by atoms with van der Waals surface area (Å²) in [7, 11) is 0. The number of aromatic nitrogens is 2. The van der Waals surface area contributed by atoms with E-state index in [2.05, 4.69) is 27.4 Å². The van der Waals surface area contributed by atoms with Gasteiger partial charge in [-0.15, -0.1) is 0 Å². The van der Waals surface area contributed by atoms with Crippen molar-refractivity contribution in [3.63, 3.8) is 0 Å². The van der Waals surface area contributed by atoms with Gasteiger partial charge in [-0.3, -0.25) is 14.5 Å². The highest BCUT2D eigenvalue weighted by atomic mass is 16.5. The van der Waals surface area contributed by atoms with Gasteiger partial charge < -0.3 is 10.1 Å². The van der Waals surface area contributed by atoms with Crippen molar-refractivity contribution in [3.05, 3.63) is 63.6 Å². The van der Waals surface area contributed by atoms with Crippen LogP contribution in [0.5, 0.6) is 0 Å². The summed E-state index contributed by atoms with van der Waals surface area (Å²) in [5.74, 6) is -0.280. The van der Waals surface area contributed by atoms with Crippen LogP contribution in [0.3, 0.4) is 0 Å². The Balaban J connectivity index is 1.54. The zero-order chi connectivity index (χ0) is 19.1. The van der Waals surface area contributed by atoms with Crippen LogP contribution in [0.25, 0.3) is 0 Å². The van der Waals surface area contributed by atoms with E-state index in [4.69, 9.17) is 4.74 Å². The maximum absolute atomic E-state index is 12.3. The number of carbonyl (C=O) groups excluding carboxylic acids is 1. The van der Waals surface area contributed by atoms with Crippen LogP contribution in [0.1, 0.15) is 35.0 Å². The van der Waals surface area contributed by atoms with Crippen LogP contribution in [-0.4, -0.2) is 46.9 Å². The largest absolute Gasteiger partial charge is 0.379 e. The SMILES string of the molecule is CCCn1nc(C(=O)NCc2ccc(CN3CCOCC3)cc2)ccc1=O. The van der Waals surface area contributed by atoms with Gasteiger partial charge in [0.1, 0.15) is 5.69 Å². The molecule has 1 fully saturated rings. The van der Waals surface area contributed by atoms with Crippen molar-refractivity contribution in [3.8, 4) is 0 Å². The summed E-state index contributed by atoms with van der Waals surface area (Å²) in [4.78, 5) is 26.4. The lowest BCUT2D eigenvalue weighted by Gasteiger charge is -2.26. The number of aryl methyl sites for hydroxylation is 1. The fourth-order valence-electron chi connectivity index (χ4n) is 2.99. The van der Waals surface area contributed by atoms with Gasteiger partial charge in [0.25, 0.3) is 11.5 Å². The van der Waals surface area contributed by atoms with Crippen molar-refractivity contribution in [2.75, 3.05) is 26.3 Å². The first kappa shape index (κ1) is 19.3. The molecule has 1 aromatic heterocycles. The zero-order valence-corrected chi connectivity index (χ0v) is 15.7. The first-order chi connectivity index (χ1) is 13.2. The lowest BCUT2D eigenvalue weighted by atomic mass is 10.1. The highest BCUT2D eigenvalue weighted by Crippen LogP contribution is 2.09. The van der Waals surface area contributed by atoms with Crippen molar-refractivity contribution in [1.82, 2.24) is 20.0 Å². The molecule has 0 bridgehead atoms. The Kier molecular flexibility index (Phi) is 6.73. The molecule has 1 aliphatic heterocycles. The zero-order valence-electron chi connectivity index (χ0n) is 15.7. The van der Waals surface area contributed by atoms with E-state index in [1.165, 1.54) is 22.4 Å². The summed E-state index contributed by atoms with van der Waals surface area (Å²) >= 11 is 0. The van der Waals surface area contributed by atoms with E-state index in [9.17, 15) is 9.59 Å². The Morgan fingerprint density at radius 3 is 2.52 bits per heavy atom. The number of nitrogens with zero attached hydrogens (tertiary/aromatic N) is 3. The molecule has 3 rings (SSSR count). The number of nitrogens with one attached hydrogen (secondary N) is 1. The molecule has 2 heterocycles. The molecule has 0 spiro atoms. The lowest BCUT2D eigenvalue weighted by molar-refractivity contribution is 0.0342. The Labute approximate surface area is 158 Å². The molecule has 1 amide bonds. The fraction of sp³-hybridized carbons (Fsp3) is 0.450. The maximum atomic E-state index is 12.3. The second-order valence-corrected chi connectivity index (χ2v) is 6.67. The second-order valence-electron chi connectivity index (χ2n) is 6.67. The third-order valence-electron chi connectivity index (χ3n) is 4.52. The predicted molar refractivity (Wildman–Crippen MR) is 102 cm³/mol. The molecular weight excluding hydrogens is 344 g/mol. The van der Waals surface area contributed by atoms with E-state index in [1.807, 2.05) is 19.1 Å². The number of rotatable bonds is 7. The van der Waals surface area contributed by atoms with Gasteiger partial charge in [0.2, 0.25) is 0 Å². The third kappa shape index (κ3) is 5.48. The van der Waals surface area contributed by atoms with Gasteiger partial charge in [-0.1, -0.05) is 31.2 Å². The molecule has 0 unspecified atom stereocenters. The van der Waals surface area contributed by atoms with E-state index in [-0.39, 0.29) is 17.2 Å². The van der Waals surface area contributed by atoms with Gasteiger partial charge in [0.15, 0.2) is 0 Å². The van der Waals surface area contributed by atoms with E-state index in [0.717, 1.165) is 44.8 Å². The lowest BCUT2D eigenvalue weighted by Crippen LogP contribution is -2.35. The molecule has 0 saturated carbocycles. The van der Waals surface area contributed by atoms with Crippen LogP contribution in [-0.2, 0) is 24.4 Å². The minimum atomic E-state index is -0.280. The molecular formula is C20H26N4O3. The topological polar surface area (TPSA) is 76.5 Å². The third-order valence-corrected chi connectivity index (χ3v) is 4.52. The van der Waals surface area contributed by atoms with Crippen molar-refractivity contribution in [1.29, 1.82) is 0 Å². The summed E-state index contributed by atoms with van der Waals surface area (Å²) in [6, 6.07) is 11.1. The predicted octanol–water partition coefficient (Wildman–Crippen LogP) is 1.42. The number of hydrogen-bond donors (Lipinski definition) is 1. The number of morpholine rings is 1. The molecule has 0 radical (unpaired) electrons. The van der Waals surface area contributed by atoms with Crippen molar-refractivity contribution in [2.24, 2.45) is 0 Å². The molecule has 7 nitrogen and oxygen atoms in total. The smallest absolute Gasteiger partial charge is 0.271 e. The van der Waals surface area contributed by atoms with E-state index >= 15 is 0 Å². The maximum Gasteiger partial charge on any atom is 0.271 e. The normalized spacial score (nSPS) is 14.9. The Bertz CT molecular complexity index is 811. The van der Waals surface area contributed by atoms with Gasteiger partial charge in [-0.2, -0.15) is 5.10 Å². The molecule has 0 aliphatic carbocycles. The molecule has 1 aliphatic rings. The molecule has 1 aromatic carbocycles. The average Bonchev–Trinajstić information content (AvgIpc) is 2.70. The van der Waals surface area contributed by atoms with Crippen LogP contribution in [0.4, 0.5) is 0 Å². The molecule has 0 atom stereocenters. The summed E-state index contributed by atoms with van der Waals surface area (Å²) < 4.78 is 6.70. The molecule has 144 valence electrons. The summed E-state index contributed by atoms with van der Waals surface area (Å²) in [6.07, 6.45) is 0.786. The Morgan fingerprint density at radius 1 is 1.11 bits per heavy atom. The highest BCUT2D eigenvalue weighted by molar-refractivity contribution is 5.91. The van der Waals surface area contributed by atoms with Crippen molar-refractivity contribution < 1.29 is 9.53 Å². The Morgan fingerprint density at radius 2 is 1.81 bits per heavy atom. The van der Waals surface area contributed by atoms with Crippen LogP contribution >= 0.6 is 0 Å². The van der Waals surface area contributed by atoms with Crippen LogP contribution in [0.2, 0.25) is 0 Å². The van der Waals surface area contributed by atoms with Crippen LogP contribution in [0, 0.1) is 0 Å². The Hall–Kier alpha value is -2.51. The van der Waals surface area contributed by atoms with Crippen LogP contribution in [0.15, 0.2) is 41.2 Å². The molecule has 2 aromatic rings. The van der Waals surface area contributed by atoms with E-state index < -0.39 is 0 Å². The van der Waals surface area contributed by atoms with Crippen molar-refractivity contribution in [2.45, 2.75) is 33.0 Å². The van der Waals surface area contributed by atoms with E-state index in [1.54, 1.807) is 0 Å². The van der Waals surface area contributed by atoms with Gasteiger partial charge in [-0.05, 0) is 23.6 Å². The minimum Gasteiger partial charge on any atom is -0.379 e. The number of carbonyl (C=O) groups is 1. The van der Waals surface area contributed by atoms with Crippen LogP contribution < -0.4 is 10.9 Å². The summed E-state index contributed by atoms with van der Waals surface area (Å²) in [6.45, 7) is 7.32. The van der Waals surface area contributed by atoms with Gasteiger partial charge in [-0.25, -0.2) is 4.68 Å². The first-order valence-corrected chi connectivity index (χ1v) is 9.40. The molecule has 1 saturated heterocycles. The second kappa shape index (κ2) is 9.43.